The maximum atomic E-state index is 11.4. The number of hydrogen-bond acceptors (Lipinski definition) is 6. The summed E-state index contributed by atoms with van der Waals surface area (Å²) in [4.78, 5) is 17.1. The molecule has 124 valence electrons. The van der Waals surface area contributed by atoms with E-state index in [0.717, 1.165) is 17.7 Å². The predicted octanol–water partition coefficient (Wildman–Crippen LogP) is 2.90. The van der Waals surface area contributed by atoms with Crippen molar-refractivity contribution in [2.75, 3.05) is 24.6 Å². The quantitative estimate of drug-likeness (QED) is 0.351. The maximum Gasteiger partial charge on any atom is 0.295 e. The van der Waals surface area contributed by atoms with Crippen LogP contribution < -0.4 is 5.32 Å². The first-order chi connectivity index (χ1) is 11.0. The fourth-order valence-corrected chi connectivity index (χ4v) is 3.22. The lowest BCUT2D eigenvalue weighted by molar-refractivity contribution is -0.425. The molecule has 1 fully saturated rings. The van der Waals surface area contributed by atoms with E-state index in [2.05, 4.69) is 16.9 Å². The topological polar surface area (TPSA) is 71.3 Å². The van der Waals surface area contributed by atoms with Crippen molar-refractivity contribution in [2.24, 2.45) is 0 Å². The molecule has 0 atom stereocenters. The highest BCUT2D eigenvalue weighted by molar-refractivity contribution is 7.99. The minimum absolute atomic E-state index is 0.204. The van der Waals surface area contributed by atoms with Gasteiger partial charge in [-0.1, -0.05) is 29.8 Å². The van der Waals surface area contributed by atoms with E-state index in [1.165, 1.54) is 11.8 Å². The zero-order valence-electron chi connectivity index (χ0n) is 12.9. The lowest BCUT2D eigenvalue weighted by Crippen LogP contribution is -2.24. The van der Waals surface area contributed by atoms with Crippen LogP contribution in [0.5, 0.6) is 0 Å². The Bertz CT molecular complexity index is 618. The molecule has 1 saturated heterocycles. The largest absolute Gasteiger partial charge is 0.365 e. The number of aromatic nitrogens is 1. The Morgan fingerprint density at radius 1 is 1.57 bits per heavy atom. The number of nitro groups is 1. The highest BCUT2D eigenvalue weighted by atomic mass is 35.5. The van der Waals surface area contributed by atoms with E-state index < -0.39 is 0 Å². The van der Waals surface area contributed by atoms with E-state index in [9.17, 15) is 10.1 Å². The Labute approximate surface area is 144 Å². The van der Waals surface area contributed by atoms with Crippen LogP contribution in [0, 0.1) is 10.1 Å². The number of nitrogens with zero attached hydrogens (tertiary/aromatic N) is 3. The van der Waals surface area contributed by atoms with Crippen LogP contribution >= 0.6 is 23.4 Å². The molecule has 0 bridgehead atoms. The molecule has 8 heteroatoms. The summed E-state index contributed by atoms with van der Waals surface area (Å²) in [5, 5.41) is 15.0. The first-order valence-electron chi connectivity index (χ1n) is 7.16. The van der Waals surface area contributed by atoms with Crippen molar-refractivity contribution in [1.29, 1.82) is 0 Å². The molecule has 0 aromatic carbocycles. The first-order valence-corrected chi connectivity index (χ1v) is 8.69. The van der Waals surface area contributed by atoms with E-state index in [1.807, 2.05) is 17.9 Å². The van der Waals surface area contributed by atoms with Crippen LogP contribution in [0.3, 0.4) is 0 Å². The molecule has 0 unspecified atom stereocenters. The van der Waals surface area contributed by atoms with Gasteiger partial charge in [0.1, 0.15) is 5.15 Å². The van der Waals surface area contributed by atoms with Crippen LogP contribution in [-0.4, -0.2) is 39.4 Å². The number of thioether (sulfide) groups is 1. The van der Waals surface area contributed by atoms with Gasteiger partial charge in [-0.2, -0.15) is 0 Å². The number of rotatable bonds is 7. The Kier molecular flexibility index (Phi) is 6.29. The SMILES string of the molecule is C=C(C)CSCC(=C1NCCN1Cc1ccc(Cl)nc1)[N+](=O)[O-]. The fraction of sp³-hybridized carbons (Fsp3) is 0.400. The third-order valence-corrected chi connectivity index (χ3v) is 4.63. The second-order valence-electron chi connectivity index (χ2n) is 5.34. The third kappa shape index (κ3) is 5.14. The highest BCUT2D eigenvalue weighted by Gasteiger charge is 2.27. The van der Waals surface area contributed by atoms with Crippen LogP contribution in [0.1, 0.15) is 12.5 Å². The number of pyridine rings is 1. The van der Waals surface area contributed by atoms with Gasteiger partial charge in [0.05, 0.1) is 10.7 Å². The van der Waals surface area contributed by atoms with Crippen LogP contribution in [-0.2, 0) is 6.54 Å². The third-order valence-electron chi connectivity index (χ3n) is 3.23. The van der Waals surface area contributed by atoms with Gasteiger partial charge in [-0.05, 0) is 18.6 Å². The molecule has 0 aliphatic carbocycles. The Balaban J connectivity index is 2.13. The van der Waals surface area contributed by atoms with E-state index in [4.69, 9.17) is 11.6 Å². The van der Waals surface area contributed by atoms with Crippen LogP contribution in [0.15, 0.2) is 42.0 Å². The van der Waals surface area contributed by atoms with Gasteiger partial charge in [0.15, 0.2) is 5.82 Å². The summed E-state index contributed by atoms with van der Waals surface area (Å²) in [5.41, 5.74) is 2.18. The van der Waals surface area contributed by atoms with Gasteiger partial charge in [0.2, 0.25) is 0 Å². The van der Waals surface area contributed by atoms with Gasteiger partial charge in [-0.15, -0.1) is 11.8 Å². The molecule has 0 radical (unpaired) electrons. The molecule has 2 heterocycles. The molecule has 0 amide bonds. The maximum absolute atomic E-state index is 11.4. The molecule has 23 heavy (non-hydrogen) atoms. The second kappa shape index (κ2) is 8.21. The molecule has 0 saturated carbocycles. The minimum Gasteiger partial charge on any atom is -0.365 e. The Hall–Kier alpha value is -1.73. The predicted molar refractivity (Wildman–Crippen MR) is 93.8 cm³/mol. The zero-order chi connectivity index (χ0) is 16.8. The van der Waals surface area contributed by atoms with Crippen molar-refractivity contribution in [3.8, 4) is 0 Å². The van der Waals surface area contributed by atoms with Crippen LogP contribution in [0.2, 0.25) is 5.15 Å². The molecule has 6 nitrogen and oxygen atoms in total. The molecule has 0 spiro atoms. The Morgan fingerprint density at radius 2 is 2.35 bits per heavy atom. The standard InChI is InChI=1S/C15H19ClN4O2S/c1-11(2)9-23-10-13(20(21)22)15-17-5-6-19(15)8-12-3-4-14(16)18-7-12/h3-4,7,17H,1,5-6,8-10H2,2H3. The van der Waals surface area contributed by atoms with Crippen molar-refractivity contribution in [3.63, 3.8) is 0 Å². The molecule has 1 aliphatic rings. The second-order valence-corrected chi connectivity index (χ2v) is 6.71. The highest BCUT2D eigenvalue weighted by Crippen LogP contribution is 2.21. The summed E-state index contributed by atoms with van der Waals surface area (Å²) in [6.45, 7) is 7.72. The molecular weight excluding hydrogens is 336 g/mol. The van der Waals surface area contributed by atoms with Crippen molar-refractivity contribution >= 4 is 23.4 Å². The number of nitrogens with one attached hydrogen (secondary N) is 1. The average Bonchev–Trinajstić information content (AvgIpc) is 2.93. The minimum atomic E-state index is -0.299. The average molecular weight is 355 g/mol. The van der Waals surface area contributed by atoms with Crippen molar-refractivity contribution in [1.82, 2.24) is 15.2 Å². The van der Waals surface area contributed by atoms with Gasteiger partial charge >= 0.3 is 0 Å². The summed E-state index contributed by atoms with van der Waals surface area (Å²) in [6, 6.07) is 3.60. The van der Waals surface area contributed by atoms with E-state index >= 15 is 0 Å². The van der Waals surface area contributed by atoms with E-state index in [1.54, 1.807) is 12.3 Å². The lowest BCUT2D eigenvalue weighted by Gasteiger charge is -2.19. The fourth-order valence-electron chi connectivity index (χ4n) is 2.23. The van der Waals surface area contributed by atoms with Crippen molar-refractivity contribution in [3.05, 3.63) is 62.8 Å². The smallest absolute Gasteiger partial charge is 0.295 e. The van der Waals surface area contributed by atoms with Gasteiger partial charge < -0.3 is 10.2 Å². The molecule has 1 aromatic rings. The number of halogens is 1. The van der Waals surface area contributed by atoms with Crippen molar-refractivity contribution < 1.29 is 4.92 Å². The van der Waals surface area contributed by atoms with E-state index in [0.29, 0.717) is 35.6 Å². The molecular formula is C15H19ClN4O2S. The molecule has 1 N–H and O–H groups in total. The van der Waals surface area contributed by atoms with Gasteiger partial charge in [-0.25, -0.2) is 4.98 Å². The summed E-state index contributed by atoms with van der Waals surface area (Å²) < 4.78 is 0. The monoisotopic (exact) mass is 354 g/mol. The summed E-state index contributed by atoms with van der Waals surface area (Å²) >= 11 is 7.29. The summed E-state index contributed by atoms with van der Waals surface area (Å²) in [6.07, 6.45) is 1.69. The van der Waals surface area contributed by atoms with Gasteiger partial charge in [0.25, 0.3) is 5.70 Å². The first kappa shape index (κ1) is 17.6. The number of hydrogen-bond donors (Lipinski definition) is 1. The summed E-state index contributed by atoms with van der Waals surface area (Å²) in [5.74, 6) is 1.66. The van der Waals surface area contributed by atoms with Crippen LogP contribution in [0.4, 0.5) is 0 Å². The molecule has 2 rings (SSSR count). The molecule has 1 aromatic heterocycles. The van der Waals surface area contributed by atoms with Gasteiger partial charge in [-0.3, -0.25) is 10.1 Å². The summed E-state index contributed by atoms with van der Waals surface area (Å²) in [7, 11) is 0. The van der Waals surface area contributed by atoms with Crippen LogP contribution in [0.25, 0.3) is 0 Å². The van der Waals surface area contributed by atoms with E-state index in [-0.39, 0.29) is 10.6 Å². The zero-order valence-corrected chi connectivity index (χ0v) is 14.5. The lowest BCUT2D eigenvalue weighted by atomic mass is 10.2. The normalized spacial score (nSPS) is 16.2. The van der Waals surface area contributed by atoms with Crippen molar-refractivity contribution in [2.45, 2.75) is 13.5 Å². The Morgan fingerprint density at radius 3 is 2.96 bits per heavy atom. The molecule has 1 aliphatic heterocycles. The van der Waals surface area contributed by atoms with Gasteiger partial charge in [0, 0.05) is 31.6 Å².